The second-order valence-electron chi connectivity index (χ2n) is 5.22. The van der Waals surface area contributed by atoms with E-state index in [1.807, 2.05) is 6.92 Å². The van der Waals surface area contributed by atoms with Crippen LogP contribution in [0.1, 0.15) is 31.0 Å². The Balaban J connectivity index is 2.00. The number of rotatable bonds is 4. The van der Waals surface area contributed by atoms with Crippen LogP contribution >= 0.6 is 0 Å². The number of hydrogen-bond donors (Lipinski definition) is 1. The van der Waals surface area contributed by atoms with Gasteiger partial charge >= 0.3 is 5.92 Å². The number of piperidine rings is 1. The lowest BCUT2D eigenvalue weighted by Gasteiger charge is -2.32. The number of nitrogens with two attached hydrogens (primary N) is 1. The molecule has 5 heteroatoms. The van der Waals surface area contributed by atoms with Gasteiger partial charge in [-0.1, -0.05) is 13.0 Å². The third-order valence-electron chi connectivity index (χ3n) is 3.66. The summed E-state index contributed by atoms with van der Waals surface area (Å²) in [4.78, 5) is 5.68. The molecule has 0 aromatic carbocycles. The maximum Gasteiger partial charge on any atom is 0.302 e. The first kappa shape index (κ1) is 14.3. The Hall–Kier alpha value is -1.07. The molecule has 0 amide bonds. The quantitative estimate of drug-likeness (QED) is 0.910. The van der Waals surface area contributed by atoms with Crippen molar-refractivity contribution in [1.82, 2.24) is 9.88 Å². The summed E-state index contributed by atoms with van der Waals surface area (Å²) in [5.41, 5.74) is 6.61. The number of halogens is 2. The average molecular weight is 269 g/mol. The van der Waals surface area contributed by atoms with E-state index < -0.39 is 5.92 Å². The normalized spacial score (nSPS) is 18.7. The van der Waals surface area contributed by atoms with Crippen molar-refractivity contribution in [2.24, 2.45) is 5.73 Å². The van der Waals surface area contributed by atoms with Crippen LogP contribution in [-0.4, -0.2) is 35.6 Å². The number of nitrogens with zero attached hydrogens (tertiary/aromatic N) is 2. The minimum absolute atomic E-state index is 0.139. The van der Waals surface area contributed by atoms with Crippen LogP contribution in [0.15, 0.2) is 18.3 Å². The van der Waals surface area contributed by atoms with Crippen molar-refractivity contribution >= 4 is 0 Å². The molecule has 106 valence electrons. The lowest BCUT2D eigenvalue weighted by Crippen LogP contribution is -2.44. The highest BCUT2D eigenvalue weighted by Gasteiger charge is 2.36. The van der Waals surface area contributed by atoms with Crippen LogP contribution in [0, 0.1) is 0 Å². The van der Waals surface area contributed by atoms with Crippen molar-refractivity contribution in [1.29, 1.82) is 0 Å². The van der Waals surface area contributed by atoms with E-state index in [1.54, 1.807) is 11.0 Å². The van der Waals surface area contributed by atoms with Crippen LogP contribution in [0.2, 0.25) is 0 Å². The van der Waals surface area contributed by atoms with Gasteiger partial charge in [-0.05, 0) is 44.0 Å². The third-order valence-corrected chi connectivity index (χ3v) is 3.66. The van der Waals surface area contributed by atoms with Gasteiger partial charge in [0.25, 0.3) is 0 Å². The fourth-order valence-electron chi connectivity index (χ4n) is 2.32. The highest BCUT2D eigenvalue weighted by atomic mass is 19.3. The summed E-state index contributed by atoms with van der Waals surface area (Å²) in [5.74, 6) is -2.90. The molecule has 3 nitrogen and oxygen atoms in total. The maximum absolute atomic E-state index is 14.1. The van der Waals surface area contributed by atoms with Crippen molar-refractivity contribution in [3.8, 4) is 0 Å². The van der Waals surface area contributed by atoms with Crippen LogP contribution < -0.4 is 5.73 Å². The summed E-state index contributed by atoms with van der Waals surface area (Å²) in [7, 11) is 0. The lowest BCUT2D eigenvalue weighted by molar-refractivity contribution is -0.0461. The number of alkyl halides is 2. The standard InChI is InChI=1S/C14H21F2N3/c1-2-11-3-4-13(18-9-11)14(15,16)10-19-7-5-12(17)6-8-19/h3-4,9,12H,2,5-8,10,17H2,1H3. The first-order valence-corrected chi connectivity index (χ1v) is 6.82. The van der Waals surface area contributed by atoms with Crippen LogP contribution in [0.25, 0.3) is 0 Å². The van der Waals surface area contributed by atoms with E-state index in [0.717, 1.165) is 24.8 Å². The molecule has 1 aliphatic rings. The van der Waals surface area contributed by atoms with E-state index in [4.69, 9.17) is 5.73 Å². The van der Waals surface area contributed by atoms with E-state index in [2.05, 4.69) is 4.98 Å². The average Bonchev–Trinajstić information content (AvgIpc) is 2.41. The fraction of sp³-hybridized carbons (Fsp3) is 0.643. The van der Waals surface area contributed by atoms with Gasteiger partial charge in [0.2, 0.25) is 0 Å². The largest absolute Gasteiger partial charge is 0.328 e. The van der Waals surface area contributed by atoms with Crippen LogP contribution in [-0.2, 0) is 12.3 Å². The van der Waals surface area contributed by atoms with Gasteiger partial charge in [-0.25, -0.2) is 0 Å². The van der Waals surface area contributed by atoms with Gasteiger partial charge in [0.1, 0.15) is 5.69 Å². The molecule has 2 rings (SSSR count). The Labute approximate surface area is 112 Å². The van der Waals surface area contributed by atoms with Gasteiger partial charge in [0.15, 0.2) is 0 Å². The van der Waals surface area contributed by atoms with E-state index >= 15 is 0 Å². The highest BCUT2D eigenvalue weighted by molar-refractivity contribution is 5.17. The van der Waals surface area contributed by atoms with Gasteiger partial charge in [-0.3, -0.25) is 9.88 Å². The van der Waals surface area contributed by atoms with Crippen LogP contribution in [0.3, 0.4) is 0 Å². The molecule has 0 bridgehead atoms. The first-order valence-electron chi connectivity index (χ1n) is 6.82. The van der Waals surface area contributed by atoms with Crippen molar-refractivity contribution < 1.29 is 8.78 Å². The van der Waals surface area contributed by atoms with Crippen molar-refractivity contribution in [2.75, 3.05) is 19.6 Å². The van der Waals surface area contributed by atoms with Crippen molar-refractivity contribution in [3.05, 3.63) is 29.6 Å². The Morgan fingerprint density at radius 1 is 1.37 bits per heavy atom. The van der Waals surface area contributed by atoms with Gasteiger partial charge in [-0.2, -0.15) is 8.78 Å². The van der Waals surface area contributed by atoms with Gasteiger partial charge in [0.05, 0.1) is 6.54 Å². The SMILES string of the molecule is CCc1ccc(C(F)(F)CN2CCC(N)CC2)nc1. The predicted octanol–water partition coefficient (Wildman–Crippen LogP) is 2.16. The van der Waals surface area contributed by atoms with E-state index in [-0.39, 0.29) is 18.3 Å². The monoisotopic (exact) mass is 269 g/mol. The molecule has 0 radical (unpaired) electrons. The molecule has 2 heterocycles. The smallest absolute Gasteiger partial charge is 0.302 e. The summed E-state index contributed by atoms with van der Waals surface area (Å²) in [6.07, 6.45) is 3.93. The molecular formula is C14H21F2N3. The van der Waals surface area contributed by atoms with Crippen LogP contribution in [0.5, 0.6) is 0 Å². The molecular weight excluding hydrogens is 248 g/mol. The highest BCUT2D eigenvalue weighted by Crippen LogP contribution is 2.28. The summed E-state index contributed by atoms with van der Waals surface area (Å²) < 4.78 is 28.3. The Morgan fingerprint density at radius 2 is 2.05 bits per heavy atom. The second kappa shape index (κ2) is 5.92. The molecule has 0 spiro atoms. The summed E-state index contributed by atoms with van der Waals surface area (Å²) in [6, 6.07) is 3.32. The number of aryl methyl sites for hydroxylation is 1. The first-order chi connectivity index (χ1) is 9.01. The fourth-order valence-corrected chi connectivity index (χ4v) is 2.32. The molecule has 1 aromatic rings. The zero-order chi connectivity index (χ0) is 13.9. The second-order valence-corrected chi connectivity index (χ2v) is 5.22. The number of pyridine rings is 1. The number of hydrogen-bond acceptors (Lipinski definition) is 3. The summed E-state index contributed by atoms with van der Waals surface area (Å²) in [5, 5.41) is 0. The molecule has 0 saturated carbocycles. The third kappa shape index (κ3) is 3.70. The maximum atomic E-state index is 14.1. The molecule has 1 aliphatic heterocycles. The van der Waals surface area contributed by atoms with E-state index in [0.29, 0.717) is 13.1 Å². The summed E-state index contributed by atoms with van der Waals surface area (Å²) >= 11 is 0. The predicted molar refractivity (Wildman–Crippen MR) is 71.2 cm³/mol. The van der Waals surface area contributed by atoms with Crippen molar-refractivity contribution in [2.45, 2.75) is 38.2 Å². The minimum Gasteiger partial charge on any atom is -0.328 e. The number of aromatic nitrogens is 1. The van der Waals surface area contributed by atoms with Gasteiger partial charge in [-0.15, -0.1) is 0 Å². The van der Waals surface area contributed by atoms with E-state index in [1.165, 1.54) is 12.3 Å². The molecule has 0 unspecified atom stereocenters. The minimum atomic E-state index is -2.90. The molecule has 1 saturated heterocycles. The molecule has 19 heavy (non-hydrogen) atoms. The van der Waals surface area contributed by atoms with Gasteiger partial charge < -0.3 is 5.73 Å². The Bertz CT molecular complexity index is 398. The summed E-state index contributed by atoms with van der Waals surface area (Å²) in [6.45, 7) is 3.00. The van der Waals surface area contributed by atoms with Gasteiger partial charge in [0, 0.05) is 12.2 Å². The van der Waals surface area contributed by atoms with Crippen molar-refractivity contribution in [3.63, 3.8) is 0 Å². The molecule has 1 fully saturated rings. The van der Waals surface area contributed by atoms with Crippen LogP contribution in [0.4, 0.5) is 8.78 Å². The number of likely N-dealkylation sites (tertiary alicyclic amines) is 1. The zero-order valence-corrected chi connectivity index (χ0v) is 11.3. The molecule has 0 atom stereocenters. The Morgan fingerprint density at radius 3 is 2.58 bits per heavy atom. The molecule has 1 aromatic heterocycles. The molecule has 0 aliphatic carbocycles. The van der Waals surface area contributed by atoms with E-state index in [9.17, 15) is 8.78 Å². The topological polar surface area (TPSA) is 42.1 Å². The molecule has 2 N–H and O–H groups in total. The Kier molecular flexibility index (Phi) is 4.47. The lowest BCUT2D eigenvalue weighted by atomic mass is 10.0. The zero-order valence-electron chi connectivity index (χ0n) is 11.3.